The second-order valence-corrected chi connectivity index (χ2v) is 9.39. The predicted octanol–water partition coefficient (Wildman–Crippen LogP) is 5.56. The summed E-state index contributed by atoms with van der Waals surface area (Å²) in [6.07, 6.45) is 3.40. The van der Waals surface area contributed by atoms with Gasteiger partial charge >= 0.3 is 0 Å². The minimum Gasteiger partial charge on any atom is -0.495 e. The third-order valence-electron chi connectivity index (χ3n) is 5.77. The summed E-state index contributed by atoms with van der Waals surface area (Å²) in [6.45, 7) is 1.86. The van der Waals surface area contributed by atoms with Gasteiger partial charge in [-0.3, -0.25) is 9.78 Å². The summed E-state index contributed by atoms with van der Waals surface area (Å²) in [5.74, 6) is 1.49. The molecule has 182 valence electrons. The quantitative estimate of drug-likeness (QED) is 0.309. The highest BCUT2D eigenvalue weighted by molar-refractivity contribution is 7.98. The van der Waals surface area contributed by atoms with Gasteiger partial charge in [-0.15, -0.1) is 5.10 Å². The van der Waals surface area contributed by atoms with Crippen LogP contribution in [0.4, 0.5) is 11.6 Å². The van der Waals surface area contributed by atoms with Gasteiger partial charge < -0.3 is 15.4 Å². The summed E-state index contributed by atoms with van der Waals surface area (Å²) in [5.41, 5.74) is 3.66. The maximum atomic E-state index is 13.6. The number of nitrogens with one attached hydrogen (secondary N) is 2. The molecule has 1 unspecified atom stereocenters. The molecule has 36 heavy (non-hydrogen) atoms. The molecule has 0 bridgehead atoms. The molecule has 2 aromatic heterocycles. The van der Waals surface area contributed by atoms with Crippen molar-refractivity contribution >= 4 is 40.9 Å². The van der Waals surface area contributed by atoms with E-state index in [2.05, 4.69) is 20.6 Å². The molecule has 10 heteroatoms. The van der Waals surface area contributed by atoms with Crippen molar-refractivity contribution < 1.29 is 9.53 Å². The number of carbonyl (C=O) groups is 1. The Morgan fingerprint density at radius 2 is 1.89 bits per heavy atom. The Morgan fingerprint density at radius 3 is 2.67 bits per heavy atom. The van der Waals surface area contributed by atoms with Gasteiger partial charge in [-0.2, -0.15) is 4.98 Å². The van der Waals surface area contributed by atoms with Gasteiger partial charge in [0, 0.05) is 28.9 Å². The van der Waals surface area contributed by atoms with Gasteiger partial charge in [-0.25, -0.2) is 4.68 Å². The molecule has 0 saturated heterocycles. The zero-order chi connectivity index (χ0) is 25.1. The van der Waals surface area contributed by atoms with E-state index in [9.17, 15) is 4.79 Å². The number of rotatable bonds is 7. The van der Waals surface area contributed by atoms with Crippen LogP contribution in [0.2, 0.25) is 5.02 Å². The number of hydrogen-bond donors (Lipinski definition) is 2. The maximum Gasteiger partial charge on any atom is 0.255 e. The number of nitrogens with zero attached hydrogens (tertiary/aromatic N) is 4. The largest absolute Gasteiger partial charge is 0.495 e. The van der Waals surface area contributed by atoms with E-state index in [0.29, 0.717) is 44.6 Å². The first kappa shape index (κ1) is 23.9. The zero-order valence-corrected chi connectivity index (χ0v) is 21.2. The van der Waals surface area contributed by atoms with Crippen LogP contribution in [0.1, 0.15) is 24.1 Å². The van der Waals surface area contributed by atoms with Gasteiger partial charge in [0.1, 0.15) is 11.8 Å². The van der Waals surface area contributed by atoms with Crippen molar-refractivity contribution in [3.05, 3.63) is 100 Å². The number of hydrogen-bond acceptors (Lipinski definition) is 7. The number of carbonyl (C=O) groups excluding carboxylic acids is 1. The Labute approximate surface area is 217 Å². The molecule has 5 rings (SSSR count). The van der Waals surface area contributed by atoms with Crippen LogP contribution in [0.5, 0.6) is 5.75 Å². The molecule has 4 aromatic rings. The van der Waals surface area contributed by atoms with E-state index < -0.39 is 6.04 Å². The average Bonchev–Trinajstić information content (AvgIpc) is 3.30. The van der Waals surface area contributed by atoms with Gasteiger partial charge in [0.25, 0.3) is 5.91 Å². The molecule has 0 aliphatic carbocycles. The number of benzene rings is 2. The number of para-hydroxylation sites is 2. The first-order valence-corrected chi connectivity index (χ1v) is 12.6. The van der Waals surface area contributed by atoms with E-state index in [0.717, 1.165) is 11.1 Å². The number of allylic oxidation sites excluding steroid dienone is 1. The number of methoxy groups -OCH3 is 1. The zero-order valence-electron chi connectivity index (χ0n) is 19.6. The van der Waals surface area contributed by atoms with Gasteiger partial charge in [-0.05, 0) is 48.4 Å². The Balaban J connectivity index is 1.48. The third-order valence-corrected chi connectivity index (χ3v) is 7.02. The summed E-state index contributed by atoms with van der Waals surface area (Å²) >= 11 is 7.80. The molecule has 0 fully saturated rings. The Hall–Kier alpha value is -3.82. The molecule has 1 amide bonds. The molecule has 2 N–H and O–H groups in total. The van der Waals surface area contributed by atoms with E-state index in [-0.39, 0.29) is 5.91 Å². The topological polar surface area (TPSA) is 94.0 Å². The van der Waals surface area contributed by atoms with Gasteiger partial charge in [-0.1, -0.05) is 53.7 Å². The number of pyridine rings is 1. The highest BCUT2D eigenvalue weighted by Gasteiger charge is 2.34. The summed E-state index contributed by atoms with van der Waals surface area (Å²) < 4.78 is 7.15. The van der Waals surface area contributed by atoms with E-state index >= 15 is 0 Å². The highest BCUT2D eigenvalue weighted by atomic mass is 35.5. The second-order valence-electron chi connectivity index (χ2n) is 8.04. The van der Waals surface area contributed by atoms with E-state index in [1.807, 2.05) is 55.5 Å². The van der Waals surface area contributed by atoms with Crippen LogP contribution in [0, 0.1) is 0 Å². The minimum absolute atomic E-state index is 0.266. The van der Waals surface area contributed by atoms with Crippen LogP contribution in [-0.4, -0.2) is 32.8 Å². The maximum absolute atomic E-state index is 13.6. The summed E-state index contributed by atoms with van der Waals surface area (Å²) in [7, 11) is 1.57. The van der Waals surface area contributed by atoms with E-state index in [4.69, 9.17) is 21.4 Å². The number of aromatic nitrogens is 4. The lowest BCUT2D eigenvalue weighted by Gasteiger charge is -2.28. The number of anilines is 2. The van der Waals surface area contributed by atoms with E-state index in [1.165, 1.54) is 11.8 Å². The predicted molar refractivity (Wildman–Crippen MR) is 141 cm³/mol. The molecule has 0 spiro atoms. The Kier molecular flexibility index (Phi) is 6.92. The lowest BCUT2D eigenvalue weighted by Crippen LogP contribution is -2.31. The van der Waals surface area contributed by atoms with E-state index in [1.54, 1.807) is 36.3 Å². The molecule has 3 heterocycles. The van der Waals surface area contributed by atoms with Gasteiger partial charge in [0.05, 0.1) is 18.4 Å². The molecule has 8 nitrogen and oxygen atoms in total. The van der Waals surface area contributed by atoms with Crippen molar-refractivity contribution in [3.8, 4) is 5.75 Å². The smallest absolute Gasteiger partial charge is 0.255 e. The lowest BCUT2D eigenvalue weighted by molar-refractivity contribution is -0.113. The molecule has 1 aliphatic rings. The first-order valence-electron chi connectivity index (χ1n) is 11.2. The van der Waals surface area contributed by atoms with Crippen molar-refractivity contribution in [1.82, 2.24) is 19.7 Å². The molecule has 2 aromatic carbocycles. The molecule has 1 aliphatic heterocycles. The second kappa shape index (κ2) is 10.4. The minimum atomic E-state index is -0.499. The van der Waals surface area contributed by atoms with Crippen molar-refractivity contribution in [2.45, 2.75) is 23.9 Å². The molecule has 0 saturated carbocycles. The number of fused-ring (bicyclic) bond motifs is 1. The standard InChI is InChI=1S/C26H23ClN6O2S/c1-16-22(24(34)30-20-9-5-6-10-21(20)35-2)23(17-11-13-28-14-12-17)33-25(29-16)31-26(32-33)36-15-18-7-3-4-8-19(18)27/h3-14,23H,15H2,1-2H3,(H,30,34)(H,29,31,32). The van der Waals surface area contributed by atoms with Crippen molar-refractivity contribution in [3.63, 3.8) is 0 Å². The number of thioether (sulfide) groups is 1. The van der Waals surface area contributed by atoms with Crippen LogP contribution in [0.25, 0.3) is 0 Å². The van der Waals surface area contributed by atoms with Crippen LogP contribution in [0.3, 0.4) is 0 Å². The van der Waals surface area contributed by atoms with Gasteiger partial charge in [0.15, 0.2) is 0 Å². The lowest BCUT2D eigenvalue weighted by atomic mass is 9.96. The monoisotopic (exact) mass is 518 g/mol. The fraction of sp³-hybridized carbons (Fsp3) is 0.154. The normalized spacial score (nSPS) is 14.7. The average molecular weight is 519 g/mol. The fourth-order valence-electron chi connectivity index (χ4n) is 4.04. The first-order chi connectivity index (χ1) is 17.5. The SMILES string of the molecule is COc1ccccc1NC(=O)C1=C(C)Nc2nc(SCc3ccccc3Cl)nn2C1c1ccncc1. The molecule has 1 atom stereocenters. The summed E-state index contributed by atoms with van der Waals surface area (Å²) in [6, 6.07) is 18.3. The van der Waals surface area contributed by atoms with Crippen molar-refractivity contribution in [2.24, 2.45) is 0 Å². The van der Waals surface area contributed by atoms with Gasteiger partial charge in [0.2, 0.25) is 11.1 Å². The molecular formula is C26H23ClN6O2S. The highest BCUT2D eigenvalue weighted by Crippen LogP contribution is 2.37. The van der Waals surface area contributed by atoms with Crippen molar-refractivity contribution in [2.75, 3.05) is 17.7 Å². The molecule has 0 radical (unpaired) electrons. The van der Waals surface area contributed by atoms with Crippen LogP contribution in [0.15, 0.2) is 89.5 Å². The Morgan fingerprint density at radius 1 is 1.14 bits per heavy atom. The fourth-order valence-corrected chi connectivity index (χ4v) is 5.15. The van der Waals surface area contributed by atoms with Crippen molar-refractivity contribution in [1.29, 1.82) is 0 Å². The van der Waals surface area contributed by atoms with Crippen LogP contribution in [-0.2, 0) is 10.5 Å². The van der Waals surface area contributed by atoms with Crippen LogP contribution >= 0.6 is 23.4 Å². The summed E-state index contributed by atoms with van der Waals surface area (Å²) in [4.78, 5) is 22.5. The van der Waals surface area contributed by atoms with Crippen LogP contribution < -0.4 is 15.4 Å². The number of ether oxygens (including phenoxy) is 1. The number of amides is 1. The summed E-state index contributed by atoms with van der Waals surface area (Å²) in [5, 5.41) is 12.3. The third kappa shape index (κ3) is 4.80. The number of halogens is 1. The Bertz CT molecular complexity index is 1440. The molecular weight excluding hydrogens is 496 g/mol.